The zero-order chi connectivity index (χ0) is 20.9. The van der Waals surface area contributed by atoms with Crippen LogP contribution in [0.15, 0.2) is 43.3 Å². The molecule has 4 rings (SSSR count). The van der Waals surface area contributed by atoms with E-state index in [-0.39, 0.29) is 5.41 Å². The molecule has 0 unspecified atom stereocenters. The molecule has 0 spiro atoms. The number of pyridine rings is 2. The molecule has 4 heterocycles. The second kappa shape index (κ2) is 7.04. The number of hydrogen-bond donors (Lipinski definition) is 1. The van der Waals surface area contributed by atoms with Crippen molar-refractivity contribution in [3.8, 4) is 6.07 Å². The molecule has 0 saturated heterocycles. The van der Waals surface area contributed by atoms with Crippen molar-refractivity contribution in [2.75, 3.05) is 5.32 Å². The van der Waals surface area contributed by atoms with E-state index in [1.807, 2.05) is 23.5 Å². The van der Waals surface area contributed by atoms with Crippen molar-refractivity contribution in [3.63, 3.8) is 0 Å². The number of rotatable bonds is 1. The van der Waals surface area contributed by atoms with Gasteiger partial charge >= 0.3 is 0 Å². The number of nitriles is 1. The van der Waals surface area contributed by atoms with Crippen LogP contribution in [0.1, 0.15) is 31.9 Å². The Bertz CT molecular complexity index is 1290. The third-order valence-corrected chi connectivity index (χ3v) is 5.56. The van der Waals surface area contributed by atoms with E-state index in [1.54, 1.807) is 12.3 Å². The number of halogens is 2. The summed E-state index contributed by atoms with van der Waals surface area (Å²) in [6, 6.07) is 7.88. The van der Waals surface area contributed by atoms with Gasteiger partial charge < -0.3 is 5.32 Å². The number of nitrogens with zero attached hydrogens (tertiary/aromatic N) is 6. The van der Waals surface area contributed by atoms with Crippen molar-refractivity contribution < 1.29 is 0 Å². The van der Waals surface area contributed by atoms with Crippen molar-refractivity contribution in [1.29, 1.82) is 5.26 Å². The van der Waals surface area contributed by atoms with Crippen molar-refractivity contribution >= 4 is 60.8 Å². The molecule has 1 aliphatic rings. The number of amidine groups is 1. The first-order valence-corrected chi connectivity index (χ1v) is 10.5. The van der Waals surface area contributed by atoms with Crippen molar-refractivity contribution in [2.45, 2.75) is 27.7 Å². The zero-order valence-electron chi connectivity index (χ0n) is 16.2. The van der Waals surface area contributed by atoms with Crippen LogP contribution in [0.3, 0.4) is 0 Å². The van der Waals surface area contributed by atoms with Crippen LogP contribution in [0.4, 0.5) is 17.5 Å². The monoisotopic (exact) mass is 513 g/mol. The predicted molar refractivity (Wildman–Crippen MR) is 120 cm³/mol. The molecule has 0 bridgehead atoms. The maximum Gasteiger partial charge on any atom is 0.178 e. The number of anilines is 1. The number of aliphatic imine (C=N–C) groups is 1. The molecule has 0 aliphatic carbocycles. The Labute approximate surface area is 184 Å². The summed E-state index contributed by atoms with van der Waals surface area (Å²) in [5, 5.41) is 13.3. The largest absolute Gasteiger partial charge is 0.328 e. The summed E-state index contributed by atoms with van der Waals surface area (Å²) >= 11 is 7.16. The molecule has 9 heteroatoms. The van der Waals surface area contributed by atoms with E-state index in [0.717, 1.165) is 20.3 Å². The average Bonchev–Trinajstić information content (AvgIpc) is 2.66. The maximum absolute atomic E-state index is 9.97. The van der Waals surface area contributed by atoms with Crippen LogP contribution in [-0.4, -0.2) is 20.2 Å². The van der Waals surface area contributed by atoms with Gasteiger partial charge in [0.15, 0.2) is 22.8 Å². The van der Waals surface area contributed by atoms with E-state index in [9.17, 15) is 5.26 Å². The molecular weight excluding hydrogens is 498 g/mol. The Hall–Kier alpha value is -2.57. The van der Waals surface area contributed by atoms with E-state index in [2.05, 4.69) is 79.0 Å². The Balaban J connectivity index is 2.11. The summed E-state index contributed by atoms with van der Waals surface area (Å²) in [5.41, 5.74) is 2.02. The molecule has 0 radical (unpaired) electrons. The lowest BCUT2D eigenvalue weighted by molar-refractivity contribution is 0.587. The quantitative estimate of drug-likeness (QED) is 0.485. The first-order valence-electron chi connectivity index (χ1n) is 8.87. The van der Waals surface area contributed by atoms with Gasteiger partial charge in [-0.3, -0.25) is 4.40 Å². The Morgan fingerprint density at radius 1 is 1.21 bits per heavy atom. The highest BCUT2D eigenvalue weighted by Gasteiger charge is 2.28. The van der Waals surface area contributed by atoms with Crippen LogP contribution in [-0.2, 0) is 0 Å². The second-order valence-corrected chi connectivity index (χ2v) is 9.44. The van der Waals surface area contributed by atoms with Gasteiger partial charge in [-0.15, -0.1) is 0 Å². The normalized spacial score (nSPS) is 13.8. The summed E-state index contributed by atoms with van der Waals surface area (Å²) in [4.78, 5) is 18.3. The fourth-order valence-corrected chi connectivity index (χ4v) is 4.18. The Morgan fingerprint density at radius 3 is 2.59 bits per heavy atom. The molecule has 1 N–H and O–H groups in total. The van der Waals surface area contributed by atoms with Crippen LogP contribution in [0.25, 0.3) is 5.65 Å². The fourth-order valence-electron chi connectivity index (χ4n) is 2.88. The summed E-state index contributed by atoms with van der Waals surface area (Å²) in [5.74, 6) is 2.50. The molecule has 1 aliphatic heterocycles. The Kier molecular flexibility index (Phi) is 4.79. The van der Waals surface area contributed by atoms with E-state index < -0.39 is 0 Å². The third kappa shape index (κ3) is 3.47. The van der Waals surface area contributed by atoms with Crippen LogP contribution < -0.4 is 10.8 Å². The number of nitrogens with one attached hydrogen (secondary N) is 1. The second-order valence-electron chi connectivity index (χ2n) is 7.73. The maximum atomic E-state index is 9.97. The van der Waals surface area contributed by atoms with Crippen molar-refractivity contribution in [1.82, 2.24) is 14.4 Å². The molecule has 146 valence electrons. The highest BCUT2D eigenvalue weighted by atomic mass is 79.9. The van der Waals surface area contributed by atoms with Gasteiger partial charge in [0.1, 0.15) is 23.3 Å². The fraction of sp³-hybridized carbons (Fsp3) is 0.250. The molecule has 0 saturated carbocycles. The summed E-state index contributed by atoms with van der Waals surface area (Å²) in [6.07, 6.45) is 1.73. The van der Waals surface area contributed by atoms with Crippen molar-refractivity contribution in [2.24, 2.45) is 15.4 Å². The first-order chi connectivity index (χ1) is 13.7. The molecule has 3 aromatic rings. The minimum absolute atomic E-state index is 0.247. The average molecular weight is 515 g/mol. The lowest BCUT2D eigenvalue weighted by Crippen LogP contribution is -2.33. The standard InChI is InChI=1S/C20H17Br2N7/c1-10-5-6-14(24-9-10)25-15-11(8-23)16-27-19(20(2,3)4)28-18-13(22)7-12(21)17(26-15)29(16)18/h5-7,9H,1-4H3,(H,27,28). The van der Waals surface area contributed by atoms with E-state index >= 15 is 0 Å². The van der Waals surface area contributed by atoms with Gasteiger partial charge in [-0.1, -0.05) is 26.8 Å². The minimum atomic E-state index is -0.247. The lowest BCUT2D eigenvalue weighted by atomic mass is 9.94. The molecule has 0 fully saturated rings. The molecule has 0 aromatic carbocycles. The zero-order valence-corrected chi connectivity index (χ0v) is 19.4. The van der Waals surface area contributed by atoms with Gasteiger partial charge in [0.2, 0.25) is 0 Å². The van der Waals surface area contributed by atoms with Gasteiger partial charge in [-0.05, 0) is 56.5 Å². The molecule has 7 nitrogen and oxygen atoms in total. The van der Waals surface area contributed by atoms with Crippen LogP contribution in [0.5, 0.6) is 0 Å². The lowest BCUT2D eigenvalue weighted by Gasteiger charge is -2.29. The van der Waals surface area contributed by atoms with Crippen LogP contribution >= 0.6 is 31.9 Å². The topological polar surface area (TPSA) is 90.7 Å². The van der Waals surface area contributed by atoms with Gasteiger partial charge in [-0.2, -0.15) is 5.26 Å². The number of aromatic nitrogens is 3. The van der Waals surface area contributed by atoms with Crippen molar-refractivity contribution in [3.05, 3.63) is 50.0 Å². The Morgan fingerprint density at radius 2 is 1.97 bits per heavy atom. The summed E-state index contributed by atoms with van der Waals surface area (Å²) < 4.78 is 3.37. The molecule has 0 amide bonds. The van der Waals surface area contributed by atoms with Gasteiger partial charge in [0.05, 0.1) is 8.95 Å². The number of aryl methyl sites for hydroxylation is 1. The SMILES string of the molecule is Cc1ccc(N=c2nc3c(Br)cc(Br)c4n3c(c2C#N)NC(C(C)(C)C)=N4)nc1. The summed E-state index contributed by atoms with van der Waals surface area (Å²) in [6.45, 7) is 8.15. The van der Waals surface area contributed by atoms with E-state index in [0.29, 0.717) is 34.2 Å². The van der Waals surface area contributed by atoms with E-state index in [4.69, 9.17) is 4.99 Å². The van der Waals surface area contributed by atoms with Crippen LogP contribution in [0.2, 0.25) is 0 Å². The minimum Gasteiger partial charge on any atom is -0.328 e. The third-order valence-electron chi connectivity index (χ3n) is 4.39. The predicted octanol–water partition coefficient (Wildman–Crippen LogP) is 5.17. The first kappa shape index (κ1) is 19.7. The number of hydrogen-bond acceptors (Lipinski definition) is 6. The summed E-state index contributed by atoms with van der Waals surface area (Å²) in [7, 11) is 0. The highest BCUT2D eigenvalue weighted by Crippen LogP contribution is 2.38. The molecular formula is C20H17Br2N7. The smallest absolute Gasteiger partial charge is 0.178 e. The van der Waals surface area contributed by atoms with E-state index in [1.165, 1.54) is 0 Å². The molecule has 29 heavy (non-hydrogen) atoms. The highest BCUT2D eigenvalue weighted by molar-refractivity contribution is 9.11. The molecule has 3 aromatic heterocycles. The van der Waals surface area contributed by atoms with Gasteiger partial charge in [-0.25, -0.2) is 20.0 Å². The molecule has 0 atom stereocenters. The van der Waals surface area contributed by atoms with Gasteiger partial charge in [0, 0.05) is 11.6 Å². The van der Waals surface area contributed by atoms with Crippen LogP contribution in [0, 0.1) is 23.7 Å². The van der Waals surface area contributed by atoms with Gasteiger partial charge in [0.25, 0.3) is 0 Å².